The predicted octanol–water partition coefficient (Wildman–Crippen LogP) is 2.04. The van der Waals surface area contributed by atoms with Gasteiger partial charge in [-0.2, -0.15) is 9.49 Å². The molecule has 0 radical (unpaired) electrons. The molecule has 1 aromatic carbocycles. The molecule has 0 unspecified atom stereocenters. The molecule has 2 heterocycles. The van der Waals surface area contributed by atoms with Crippen LogP contribution in [0.3, 0.4) is 0 Å². The van der Waals surface area contributed by atoms with Crippen LogP contribution in [0.25, 0.3) is 5.69 Å². The molecule has 0 aliphatic rings. The highest BCUT2D eigenvalue weighted by Gasteiger charge is 2.26. The molecule has 0 fully saturated rings. The van der Waals surface area contributed by atoms with E-state index < -0.39 is 22.4 Å². The smallest absolute Gasteiger partial charge is 0.238 e. The van der Waals surface area contributed by atoms with E-state index in [0.29, 0.717) is 0 Å². The maximum atomic E-state index is 14.0. The van der Waals surface area contributed by atoms with E-state index in [9.17, 15) is 17.9 Å². The highest BCUT2D eigenvalue weighted by atomic mass is 32.2. The van der Waals surface area contributed by atoms with Gasteiger partial charge in [0.25, 0.3) is 0 Å². The van der Waals surface area contributed by atoms with Crippen LogP contribution in [0.4, 0.5) is 4.39 Å². The number of hydrogen-bond acceptors (Lipinski definition) is 5. The molecule has 0 saturated carbocycles. The minimum Gasteiger partial charge on any atom is -0.390 e. The monoisotopic (exact) mass is 347 g/mol. The SMILES string of the molecule is Cc1cccc(S(=O)(=O)c2cc(CO)nn2-c2cccnc2F)c1. The highest BCUT2D eigenvalue weighted by molar-refractivity contribution is 7.91. The lowest BCUT2D eigenvalue weighted by molar-refractivity contribution is 0.276. The van der Waals surface area contributed by atoms with Gasteiger partial charge >= 0.3 is 0 Å². The van der Waals surface area contributed by atoms with Crippen molar-refractivity contribution in [1.29, 1.82) is 0 Å². The van der Waals surface area contributed by atoms with Crippen LogP contribution in [-0.2, 0) is 16.4 Å². The second-order valence-electron chi connectivity index (χ2n) is 5.18. The van der Waals surface area contributed by atoms with Crippen LogP contribution in [0.5, 0.6) is 0 Å². The standard InChI is InChI=1S/C16H14FN3O3S/c1-11-4-2-5-13(8-11)24(22,23)15-9-12(10-21)19-20(15)14-6-3-7-18-16(14)17/h2-9,21H,10H2,1H3. The number of pyridine rings is 1. The van der Waals surface area contributed by atoms with Gasteiger partial charge in [0.2, 0.25) is 15.8 Å². The first-order chi connectivity index (χ1) is 11.4. The third kappa shape index (κ3) is 2.81. The molecule has 0 saturated heterocycles. The van der Waals surface area contributed by atoms with Gasteiger partial charge in [0, 0.05) is 12.3 Å². The largest absolute Gasteiger partial charge is 0.390 e. The van der Waals surface area contributed by atoms with Crippen LogP contribution in [0.2, 0.25) is 0 Å². The van der Waals surface area contributed by atoms with Gasteiger partial charge in [-0.1, -0.05) is 12.1 Å². The third-order valence-electron chi connectivity index (χ3n) is 3.43. The number of aliphatic hydroxyl groups excluding tert-OH is 1. The normalized spacial score (nSPS) is 11.6. The Hall–Kier alpha value is -2.58. The number of aryl methyl sites for hydroxylation is 1. The maximum Gasteiger partial charge on any atom is 0.238 e. The van der Waals surface area contributed by atoms with Crippen molar-refractivity contribution in [2.45, 2.75) is 23.5 Å². The molecular formula is C16H14FN3O3S. The molecule has 0 amide bonds. The van der Waals surface area contributed by atoms with Gasteiger partial charge in [0.1, 0.15) is 5.69 Å². The summed E-state index contributed by atoms with van der Waals surface area (Å²) >= 11 is 0. The third-order valence-corrected chi connectivity index (χ3v) is 5.15. The molecule has 1 N–H and O–H groups in total. The minimum absolute atomic E-state index is 0.0671. The summed E-state index contributed by atoms with van der Waals surface area (Å²) in [6.07, 6.45) is 1.25. The fourth-order valence-corrected chi connectivity index (χ4v) is 3.79. The van der Waals surface area contributed by atoms with Crippen LogP contribution in [0.15, 0.2) is 58.6 Å². The van der Waals surface area contributed by atoms with Crippen molar-refractivity contribution in [3.05, 3.63) is 65.9 Å². The Morgan fingerprint density at radius 1 is 1.21 bits per heavy atom. The quantitative estimate of drug-likeness (QED) is 0.730. The highest BCUT2D eigenvalue weighted by Crippen LogP contribution is 2.25. The maximum absolute atomic E-state index is 14.0. The fourth-order valence-electron chi connectivity index (χ4n) is 2.29. The van der Waals surface area contributed by atoms with Gasteiger partial charge in [0.15, 0.2) is 5.03 Å². The fraction of sp³-hybridized carbons (Fsp3) is 0.125. The lowest BCUT2D eigenvalue weighted by Gasteiger charge is -2.09. The lowest BCUT2D eigenvalue weighted by atomic mass is 10.2. The molecule has 3 aromatic rings. The van der Waals surface area contributed by atoms with Gasteiger partial charge in [-0.15, -0.1) is 0 Å². The van der Waals surface area contributed by atoms with E-state index in [1.54, 1.807) is 19.1 Å². The molecule has 0 spiro atoms. The van der Waals surface area contributed by atoms with Gasteiger partial charge < -0.3 is 5.11 Å². The molecule has 0 aliphatic heterocycles. The van der Waals surface area contributed by atoms with Gasteiger partial charge in [-0.3, -0.25) is 0 Å². The van der Waals surface area contributed by atoms with E-state index in [-0.39, 0.29) is 21.3 Å². The number of aromatic nitrogens is 3. The summed E-state index contributed by atoms with van der Waals surface area (Å²) in [7, 11) is -3.95. The Morgan fingerprint density at radius 2 is 2.00 bits per heavy atom. The van der Waals surface area contributed by atoms with Crippen molar-refractivity contribution in [3.8, 4) is 5.69 Å². The molecule has 3 rings (SSSR count). The number of nitrogens with zero attached hydrogens (tertiary/aromatic N) is 3. The Labute approximate surface area is 138 Å². The van der Waals surface area contributed by atoms with Crippen molar-refractivity contribution < 1.29 is 17.9 Å². The van der Waals surface area contributed by atoms with Crippen molar-refractivity contribution in [1.82, 2.24) is 14.8 Å². The van der Waals surface area contributed by atoms with Crippen molar-refractivity contribution in [2.75, 3.05) is 0 Å². The molecule has 2 aromatic heterocycles. The zero-order valence-electron chi connectivity index (χ0n) is 12.7. The Balaban J connectivity index is 2.25. The molecule has 0 aliphatic carbocycles. The molecule has 8 heteroatoms. The Bertz CT molecular complexity index is 999. The van der Waals surface area contributed by atoms with E-state index in [4.69, 9.17) is 0 Å². The second-order valence-corrected chi connectivity index (χ2v) is 7.07. The first kappa shape index (κ1) is 16.3. The molecule has 0 atom stereocenters. The van der Waals surface area contributed by atoms with E-state index in [1.807, 2.05) is 0 Å². The average molecular weight is 347 g/mol. The van der Waals surface area contributed by atoms with E-state index in [0.717, 1.165) is 10.2 Å². The van der Waals surface area contributed by atoms with E-state index in [1.165, 1.54) is 36.5 Å². The average Bonchev–Trinajstić information content (AvgIpc) is 3.00. The Morgan fingerprint density at radius 3 is 2.67 bits per heavy atom. The van der Waals surface area contributed by atoms with Crippen molar-refractivity contribution in [3.63, 3.8) is 0 Å². The zero-order valence-corrected chi connectivity index (χ0v) is 13.5. The summed E-state index contributed by atoms with van der Waals surface area (Å²) in [5, 5.41) is 13.0. The first-order valence-corrected chi connectivity index (χ1v) is 8.54. The number of sulfone groups is 1. The number of benzene rings is 1. The van der Waals surface area contributed by atoms with E-state index >= 15 is 0 Å². The summed E-state index contributed by atoms with van der Waals surface area (Å²) in [5.41, 5.74) is 0.782. The molecule has 6 nitrogen and oxygen atoms in total. The van der Waals surface area contributed by atoms with Gasteiger partial charge in [-0.25, -0.2) is 18.1 Å². The predicted molar refractivity (Wildman–Crippen MR) is 83.9 cm³/mol. The van der Waals surface area contributed by atoms with Crippen LogP contribution in [0, 0.1) is 12.9 Å². The van der Waals surface area contributed by atoms with Gasteiger partial charge in [0.05, 0.1) is 17.2 Å². The van der Waals surface area contributed by atoms with E-state index in [2.05, 4.69) is 10.1 Å². The summed E-state index contributed by atoms with van der Waals surface area (Å²) in [6, 6.07) is 10.4. The number of rotatable bonds is 4. The zero-order chi connectivity index (χ0) is 17.3. The summed E-state index contributed by atoms with van der Waals surface area (Å²) in [4.78, 5) is 3.58. The molecule has 24 heavy (non-hydrogen) atoms. The van der Waals surface area contributed by atoms with Gasteiger partial charge in [-0.05, 0) is 36.8 Å². The molecule has 0 bridgehead atoms. The lowest BCUT2D eigenvalue weighted by Crippen LogP contribution is -2.11. The molecule has 124 valence electrons. The van der Waals surface area contributed by atoms with Crippen LogP contribution < -0.4 is 0 Å². The van der Waals surface area contributed by atoms with Crippen LogP contribution in [-0.4, -0.2) is 28.3 Å². The number of hydrogen-bond donors (Lipinski definition) is 1. The summed E-state index contributed by atoms with van der Waals surface area (Å²) < 4.78 is 40.8. The Kier molecular flexibility index (Phi) is 4.16. The number of aliphatic hydroxyl groups is 1. The summed E-state index contributed by atoms with van der Waals surface area (Å²) in [6.45, 7) is 1.31. The van der Waals surface area contributed by atoms with Crippen molar-refractivity contribution >= 4 is 9.84 Å². The number of halogens is 1. The topological polar surface area (TPSA) is 85.1 Å². The van der Waals surface area contributed by atoms with Crippen LogP contribution in [0.1, 0.15) is 11.3 Å². The minimum atomic E-state index is -3.95. The van der Waals surface area contributed by atoms with Crippen LogP contribution >= 0.6 is 0 Å². The first-order valence-electron chi connectivity index (χ1n) is 7.06. The van der Waals surface area contributed by atoms with Crippen molar-refractivity contribution in [2.24, 2.45) is 0 Å². The summed E-state index contributed by atoms with van der Waals surface area (Å²) in [5.74, 6) is -0.856. The molecular weight excluding hydrogens is 333 g/mol. The second kappa shape index (κ2) is 6.14.